The van der Waals surface area contributed by atoms with E-state index in [4.69, 9.17) is 4.74 Å². The fraction of sp³-hybridized carbons (Fsp3) is 0.350. The summed E-state index contributed by atoms with van der Waals surface area (Å²) in [5.41, 5.74) is -0.581. The van der Waals surface area contributed by atoms with E-state index in [1.54, 1.807) is 0 Å². The molecule has 0 atom stereocenters. The monoisotopic (exact) mass is 363 g/mol. The summed E-state index contributed by atoms with van der Waals surface area (Å²) in [6.07, 6.45) is -1.36. The fourth-order valence-corrected chi connectivity index (χ4v) is 3.64. The van der Waals surface area contributed by atoms with Gasteiger partial charge in [-0.15, -0.1) is 0 Å². The van der Waals surface area contributed by atoms with Crippen LogP contribution in [0.5, 0.6) is 5.75 Å². The average Bonchev–Trinajstić information content (AvgIpc) is 3.13. The van der Waals surface area contributed by atoms with Gasteiger partial charge in [0.2, 0.25) is 5.91 Å². The Labute approximate surface area is 150 Å². The second-order valence-corrected chi connectivity index (χ2v) is 6.52. The maximum absolute atomic E-state index is 13.2. The molecule has 1 N–H and O–H groups in total. The van der Waals surface area contributed by atoms with E-state index in [1.807, 2.05) is 30.3 Å². The lowest BCUT2D eigenvalue weighted by Crippen LogP contribution is -2.38. The number of hydrogen-bond donors (Lipinski definition) is 1. The van der Waals surface area contributed by atoms with Crippen molar-refractivity contribution < 1.29 is 22.7 Å². The molecule has 138 valence electrons. The van der Waals surface area contributed by atoms with Crippen LogP contribution in [-0.2, 0) is 16.4 Å². The molecule has 0 aliphatic heterocycles. The van der Waals surface area contributed by atoms with Crippen LogP contribution in [0.2, 0.25) is 0 Å². The maximum atomic E-state index is 13.2. The third-order valence-corrected chi connectivity index (χ3v) is 4.98. The third kappa shape index (κ3) is 3.41. The first-order valence-electron chi connectivity index (χ1n) is 8.49. The number of alkyl halides is 3. The predicted octanol–water partition coefficient (Wildman–Crippen LogP) is 5.16. The van der Waals surface area contributed by atoms with Crippen LogP contribution >= 0.6 is 0 Å². The molecule has 0 aromatic heterocycles. The molecule has 1 amide bonds. The summed E-state index contributed by atoms with van der Waals surface area (Å²) in [5, 5.41) is 2.69. The van der Waals surface area contributed by atoms with E-state index < -0.39 is 17.2 Å². The molecule has 0 saturated heterocycles. The zero-order valence-electron chi connectivity index (χ0n) is 14.4. The third-order valence-electron chi connectivity index (χ3n) is 4.98. The molecule has 2 aromatic rings. The Bertz CT molecular complexity index is 781. The zero-order chi connectivity index (χ0) is 18.8. The number of methoxy groups -OCH3 is 1. The molecule has 0 bridgehead atoms. The molecule has 3 nitrogen and oxygen atoms in total. The van der Waals surface area contributed by atoms with Crippen molar-refractivity contribution in [3.8, 4) is 5.75 Å². The van der Waals surface area contributed by atoms with Gasteiger partial charge in [-0.1, -0.05) is 43.2 Å². The molecule has 6 heteroatoms. The van der Waals surface area contributed by atoms with Crippen LogP contribution in [0.15, 0.2) is 48.5 Å². The Balaban J connectivity index is 1.92. The van der Waals surface area contributed by atoms with Crippen LogP contribution < -0.4 is 10.1 Å². The number of benzene rings is 2. The average molecular weight is 363 g/mol. The van der Waals surface area contributed by atoms with Crippen molar-refractivity contribution >= 4 is 11.6 Å². The topological polar surface area (TPSA) is 38.3 Å². The Kier molecular flexibility index (Phi) is 4.94. The Hall–Kier alpha value is -2.50. The molecular weight excluding hydrogens is 343 g/mol. The molecule has 26 heavy (non-hydrogen) atoms. The minimum Gasteiger partial charge on any atom is -0.496 e. The van der Waals surface area contributed by atoms with Crippen molar-refractivity contribution in [1.29, 1.82) is 0 Å². The highest BCUT2D eigenvalue weighted by molar-refractivity contribution is 5.99. The van der Waals surface area contributed by atoms with E-state index in [-0.39, 0.29) is 17.3 Å². The van der Waals surface area contributed by atoms with E-state index in [1.165, 1.54) is 19.2 Å². The highest BCUT2D eigenvalue weighted by Gasteiger charge is 2.43. The summed E-state index contributed by atoms with van der Waals surface area (Å²) in [4.78, 5) is 13.0. The quantitative estimate of drug-likeness (QED) is 0.814. The number of ether oxygens (including phenoxy) is 1. The van der Waals surface area contributed by atoms with Crippen LogP contribution in [0.25, 0.3) is 0 Å². The predicted molar refractivity (Wildman–Crippen MR) is 93.2 cm³/mol. The van der Waals surface area contributed by atoms with E-state index in [9.17, 15) is 18.0 Å². The fourth-order valence-electron chi connectivity index (χ4n) is 3.64. The molecule has 1 fully saturated rings. The highest BCUT2D eigenvalue weighted by atomic mass is 19.4. The van der Waals surface area contributed by atoms with Gasteiger partial charge in [0.25, 0.3) is 0 Å². The Morgan fingerprint density at radius 3 is 2.31 bits per heavy atom. The molecule has 0 unspecified atom stereocenters. The van der Waals surface area contributed by atoms with Gasteiger partial charge < -0.3 is 10.1 Å². The van der Waals surface area contributed by atoms with Gasteiger partial charge >= 0.3 is 6.18 Å². The lowest BCUT2D eigenvalue weighted by atomic mass is 9.78. The summed E-state index contributed by atoms with van der Waals surface area (Å²) < 4.78 is 44.4. The molecule has 0 radical (unpaired) electrons. The first kappa shape index (κ1) is 18.3. The van der Waals surface area contributed by atoms with Gasteiger partial charge in [-0.2, -0.15) is 13.2 Å². The number of rotatable bonds is 4. The molecule has 0 spiro atoms. The van der Waals surface area contributed by atoms with Crippen LogP contribution in [0.1, 0.15) is 36.8 Å². The standard InChI is InChI=1S/C20H20F3NO2/c1-26-17-10-9-15(13-16(17)20(21,22)23)24-18(25)19(11-5-6-12-19)14-7-3-2-4-8-14/h2-4,7-10,13H,5-6,11-12H2,1H3,(H,24,25). The molecule has 3 rings (SSSR count). The van der Waals surface area contributed by atoms with Crippen molar-refractivity contribution in [2.45, 2.75) is 37.3 Å². The van der Waals surface area contributed by atoms with Crippen molar-refractivity contribution in [3.63, 3.8) is 0 Å². The summed E-state index contributed by atoms with van der Waals surface area (Å²) in [7, 11) is 1.19. The zero-order valence-corrected chi connectivity index (χ0v) is 14.4. The van der Waals surface area contributed by atoms with Gasteiger partial charge in [0.1, 0.15) is 5.75 Å². The van der Waals surface area contributed by atoms with E-state index in [2.05, 4.69) is 5.32 Å². The van der Waals surface area contributed by atoms with E-state index in [0.717, 1.165) is 24.5 Å². The molecular formula is C20H20F3NO2. The van der Waals surface area contributed by atoms with Crippen LogP contribution in [0.3, 0.4) is 0 Å². The van der Waals surface area contributed by atoms with Gasteiger partial charge in [-0.3, -0.25) is 4.79 Å². The van der Waals surface area contributed by atoms with E-state index >= 15 is 0 Å². The first-order chi connectivity index (χ1) is 12.4. The van der Waals surface area contributed by atoms with Gasteiger partial charge in [-0.05, 0) is 36.6 Å². The lowest BCUT2D eigenvalue weighted by Gasteiger charge is -2.28. The second kappa shape index (κ2) is 7.02. The van der Waals surface area contributed by atoms with Crippen LogP contribution in [0.4, 0.5) is 18.9 Å². The SMILES string of the molecule is COc1ccc(NC(=O)C2(c3ccccc3)CCCC2)cc1C(F)(F)F. The van der Waals surface area contributed by atoms with Gasteiger partial charge in [0.15, 0.2) is 0 Å². The number of carbonyl (C=O) groups excluding carboxylic acids is 1. The summed E-state index contributed by atoms with van der Waals surface area (Å²) in [5.74, 6) is -0.534. The van der Waals surface area contributed by atoms with Gasteiger partial charge in [0, 0.05) is 5.69 Å². The van der Waals surface area contributed by atoms with Gasteiger partial charge in [0.05, 0.1) is 18.1 Å². The maximum Gasteiger partial charge on any atom is 0.420 e. The summed E-state index contributed by atoms with van der Waals surface area (Å²) in [6, 6.07) is 13.0. The minimum atomic E-state index is -4.56. The minimum absolute atomic E-state index is 0.116. The number of halogens is 3. The van der Waals surface area contributed by atoms with Crippen molar-refractivity contribution in [1.82, 2.24) is 0 Å². The number of nitrogens with one attached hydrogen (secondary N) is 1. The van der Waals surface area contributed by atoms with Crippen LogP contribution in [-0.4, -0.2) is 13.0 Å². The molecule has 2 aromatic carbocycles. The van der Waals surface area contributed by atoms with Gasteiger partial charge in [-0.25, -0.2) is 0 Å². The smallest absolute Gasteiger partial charge is 0.420 e. The normalized spacial score (nSPS) is 16.3. The number of carbonyl (C=O) groups is 1. The molecule has 0 heterocycles. The second-order valence-electron chi connectivity index (χ2n) is 6.52. The van der Waals surface area contributed by atoms with Crippen molar-refractivity contribution in [2.75, 3.05) is 12.4 Å². The largest absolute Gasteiger partial charge is 0.496 e. The number of hydrogen-bond acceptors (Lipinski definition) is 2. The van der Waals surface area contributed by atoms with Crippen LogP contribution in [0, 0.1) is 0 Å². The number of anilines is 1. The van der Waals surface area contributed by atoms with Crippen molar-refractivity contribution in [2.24, 2.45) is 0 Å². The van der Waals surface area contributed by atoms with E-state index in [0.29, 0.717) is 12.8 Å². The summed E-state index contributed by atoms with van der Waals surface area (Å²) >= 11 is 0. The highest BCUT2D eigenvalue weighted by Crippen LogP contribution is 2.43. The molecule has 1 aliphatic rings. The number of amides is 1. The molecule has 1 aliphatic carbocycles. The first-order valence-corrected chi connectivity index (χ1v) is 8.49. The lowest BCUT2D eigenvalue weighted by molar-refractivity contribution is -0.138. The summed E-state index contributed by atoms with van der Waals surface area (Å²) in [6.45, 7) is 0. The van der Waals surface area contributed by atoms with Crippen molar-refractivity contribution in [3.05, 3.63) is 59.7 Å². The molecule has 1 saturated carbocycles. The Morgan fingerprint density at radius 2 is 1.73 bits per heavy atom. The Morgan fingerprint density at radius 1 is 1.08 bits per heavy atom.